The van der Waals surface area contributed by atoms with Crippen LogP contribution in [0.15, 0.2) is 12.7 Å². The van der Waals surface area contributed by atoms with Gasteiger partial charge in [-0.25, -0.2) is 0 Å². The van der Waals surface area contributed by atoms with E-state index in [0.29, 0.717) is 12.8 Å². The largest absolute Gasteiger partial charge is 0.466 e. The molecule has 0 aliphatic heterocycles. The van der Waals surface area contributed by atoms with Crippen molar-refractivity contribution in [1.29, 1.82) is 0 Å². The Hall–Kier alpha value is -1.41. The molecule has 1 unspecified atom stereocenters. The maximum absolute atomic E-state index is 11.7. The third-order valence-electron chi connectivity index (χ3n) is 3.30. The minimum absolute atomic E-state index is 0.0683. The summed E-state index contributed by atoms with van der Waals surface area (Å²) in [6.45, 7) is 5.65. The Morgan fingerprint density at radius 2 is 1.71 bits per heavy atom. The Morgan fingerprint density at radius 1 is 1.08 bits per heavy atom. The number of ether oxygens (including phenoxy) is 2. The maximum Gasteiger partial charge on any atom is 0.327 e. The summed E-state index contributed by atoms with van der Waals surface area (Å²) < 4.78 is 41.2. The van der Waals surface area contributed by atoms with Crippen LogP contribution in [-0.2, 0) is 29.2 Å². The number of esters is 2. The first-order valence-electron chi connectivity index (χ1n) is 8.22. The fourth-order valence-electron chi connectivity index (χ4n) is 1.92. The van der Waals surface area contributed by atoms with Crippen LogP contribution in [0.4, 0.5) is 0 Å². The highest BCUT2D eigenvalue weighted by Crippen LogP contribution is 2.10. The molecule has 0 aliphatic rings. The molecule has 140 valence electrons. The number of carbonyl (C=O) groups excluding carboxylic acids is 2. The third kappa shape index (κ3) is 11.2. The highest BCUT2D eigenvalue weighted by Gasteiger charge is 2.35. The molecule has 1 atom stereocenters. The van der Waals surface area contributed by atoms with Gasteiger partial charge in [0.05, 0.1) is 19.6 Å². The van der Waals surface area contributed by atoms with Crippen LogP contribution in [0, 0.1) is 0 Å². The zero-order chi connectivity index (χ0) is 18.4. The molecule has 7 nitrogen and oxygen atoms in total. The van der Waals surface area contributed by atoms with Gasteiger partial charge in [-0.3, -0.25) is 14.1 Å². The van der Waals surface area contributed by atoms with E-state index in [1.165, 1.54) is 12.5 Å². The molecule has 0 aromatic carbocycles. The number of unbranched alkanes of at least 4 members (excludes halogenated alkanes) is 5. The summed E-state index contributed by atoms with van der Waals surface area (Å²) in [6.07, 6.45) is 7.16. The van der Waals surface area contributed by atoms with Gasteiger partial charge in [-0.2, -0.15) is 8.42 Å². The van der Waals surface area contributed by atoms with E-state index < -0.39 is 33.7 Å². The fourth-order valence-corrected chi connectivity index (χ4v) is 2.58. The highest BCUT2D eigenvalue weighted by molar-refractivity contribution is 7.87. The van der Waals surface area contributed by atoms with Crippen LogP contribution in [0.5, 0.6) is 0 Å². The second-order valence-corrected chi connectivity index (χ2v) is 7.04. The van der Waals surface area contributed by atoms with Crippen LogP contribution in [0.3, 0.4) is 0 Å². The van der Waals surface area contributed by atoms with E-state index in [1.54, 1.807) is 0 Å². The lowest BCUT2D eigenvalue weighted by Crippen LogP contribution is -2.34. The van der Waals surface area contributed by atoms with Crippen molar-refractivity contribution in [2.75, 3.05) is 13.2 Å². The van der Waals surface area contributed by atoms with Crippen molar-refractivity contribution in [3.8, 4) is 0 Å². The van der Waals surface area contributed by atoms with Crippen molar-refractivity contribution in [2.24, 2.45) is 0 Å². The summed E-state index contributed by atoms with van der Waals surface area (Å²) in [5, 5.41) is -1.96. The summed E-state index contributed by atoms with van der Waals surface area (Å²) in [4.78, 5) is 23.3. The molecule has 8 heteroatoms. The average molecular weight is 364 g/mol. The van der Waals surface area contributed by atoms with Gasteiger partial charge in [0, 0.05) is 0 Å². The van der Waals surface area contributed by atoms with E-state index in [4.69, 9.17) is 14.0 Å². The molecule has 0 spiro atoms. The lowest BCUT2D eigenvalue weighted by Gasteiger charge is -2.12. The van der Waals surface area contributed by atoms with Crippen LogP contribution in [0.1, 0.15) is 58.3 Å². The Labute approximate surface area is 144 Å². The van der Waals surface area contributed by atoms with E-state index in [1.807, 2.05) is 0 Å². The second kappa shape index (κ2) is 12.9. The highest BCUT2D eigenvalue weighted by atomic mass is 32.2. The second-order valence-electron chi connectivity index (χ2n) is 5.44. The molecule has 0 rings (SSSR count). The van der Waals surface area contributed by atoms with Gasteiger partial charge < -0.3 is 9.47 Å². The van der Waals surface area contributed by atoms with Gasteiger partial charge in [0.25, 0.3) is 10.1 Å². The van der Waals surface area contributed by atoms with Gasteiger partial charge >= 0.3 is 11.9 Å². The Kier molecular flexibility index (Phi) is 12.2. The molecule has 0 fully saturated rings. The Bertz CT molecular complexity index is 485. The fraction of sp³-hybridized carbons (Fsp3) is 0.750. The first-order chi connectivity index (χ1) is 11.3. The molecule has 0 saturated carbocycles. The van der Waals surface area contributed by atoms with Gasteiger partial charge in [-0.1, -0.05) is 45.1 Å². The quantitative estimate of drug-likeness (QED) is 0.218. The van der Waals surface area contributed by atoms with Crippen LogP contribution < -0.4 is 0 Å². The molecule has 0 aromatic heterocycles. The average Bonchev–Trinajstić information content (AvgIpc) is 2.50. The number of carbonyl (C=O) groups is 2. The first-order valence-corrected chi connectivity index (χ1v) is 9.72. The number of hydrogen-bond acceptors (Lipinski definition) is 6. The summed E-state index contributed by atoms with van der Waals surface area (Å²) in [5.74, 6) is -2.03. The van der Waals surface area contributed by atoms with E-state index in [0.717, 1.165) is 25.7 Å². The van der Waals surface area contributed by atoms with Crippen molar-refractivity contribution in [3.05, 3.63) is 12.7 Å². The molecule has 0 heterocycles. The van der Waals surface area contributed by atoms with Crippen LogP contribution >= 0.6 is 0 Å². The van der Waals surface area contributed by atoms with Crippen molar-refractivity contribution in [3.63, 3.8) is 0 Å². The zero-order valence-electron chi connectivity index (χ0n) is 14.2. The molecular formula is C16H28O7S. The normalized spacial score (nSPS) is 12.4. The van der Waals surface area contributed by atoms with Crippen LogP contribution in [0.25, 0.3) is 0 Å². The van der Waals surface area contributed by atoms with Gasteiger partial charge in [0.1, 0.15) is 0 Å². The summed E-state index contributed by atoms with van der Waals surface area (Å²) >= 11 is 0. The van der Waals surface area contributed by atoms with E-state index in [2.05, 4.69) is 13.5 Å². The Morgan fingerprint density at radius 3 is 2.29 bits per heavy atom. The molecule has 1 N–H and O–H groups in total. The maximum atomic E-state index is 11.7. The molecule has 0 saturated heterocycles. The minimum atomic E-state index is -4.74. The monoisotopic (exact) mass is 364 g/mol. The summed E-state index contributed by atoms with van der Waals surface area (Å²) in [5.41, 5.74) is 0. The van der Waals surface area contributed by atoms with Gasteiger partial charge in [-0.15, -0.1) is 6.58 Å². The van der Waals surface area contributed by atoms with Crippen molar-refractivity contribution in [2.45, 2.75) is 63.5 Å². The van der Waals surface area contributed by atoms with E-state index >= 15 is 0 Å². The lowest BCUT2D eigenvalue weighted by molar-refractivity contribution is -0.150. The summed E-state index contributed by atoms with van der Waals surface area (Å²) in [7, 11) is -4.74. The van der Waals surface area contributed by atoms with E-state index in [9.17, 15) is 18.0 Å². The SMILES string of the molecule is C=CCCOC(=O)C(CC(=O)OCCCCCCCC)S(=O)(=O)O. The zero-order valence-corrected chi connectivity index (χ0v) is 15.1. The molecule has 0 aliphatic carbocycles. The predicted molar refractivity (Wildman–Crippen MR) is 90.1 cm³/mol. The number of hydrogen-bond donors (Lipinski definition) is 1. The number of rotatable bonds is 14. The van der Waals surface area contributed by atoms with Gasteiger partial charge in [0.15, 0.2) is 5.25 Å². The van der Waals surface area contributed by atoms with Crippen molar-refractivity contribution in [1.82, 2.24) is 0 Å². The molecule has 24 heavy (non-hydrogen) atoms. The Balaban J connectivity index is 4.22. The molecule has 0 radical (unpaired) electrons. The third-order valence-corrected chi connectivity index (χ3v) is 4.38. The molecule has 0 bridgehead atoms. The van der Waals surface area contributed by atoms with E-state index in [-0.39, 0.29) is 13.2 Å². The first kappa shape index (κ1) is 22.6. The topological polar surface area (TPSA) is 107 Å². The van der Waals surface area contributed by atoms with Gasteiger partial charge in [0.2, 0.25) is 0 Å². The lowest BCUT2D eigenvalue weighted by atomic mass is 10.1. The van der Waals surface area contributed by atoms with Crippen molar-refractivity contribution < 1.29 is 32.0 Å². The summed E-state index contributed by atoms with van der Waals surface area (Å²) in [6, 6.07) is 0. The van der Waals surface area contributed by atoms with Crippen LogP contribution in [0.2, 0.25) is 0 Å². The van der Waals surface area contributed by atoms with Crippen LogP contribution in [-0.4, -0.2) is 43.4 Å². The molecule has 0 amide bonds. The van der Waals surface area contributed by atoms with Crippen molar-refractivity contribution >= 4 is 22.1 Å². The predicted octanol–water partition coefficient (Wildman–Crippen LogP) is 2.66. The smallest absolute Gasteiger partial charge is 0.327 e. The van der Waals surface area contributed by atoms with Gasteiger partial charge in [-0.05, 0) is 12.8 Å². The molecular weight excluding hydrogens is 336 g/mol. The molecule has 0 aromatic rings. The minimum Gasteiger partial charge on any atom is -0.466 e. The standard InChI is InChI=1S/C16H28O7S/c1-3-5-7-8-9-10-12-22-15(17)13-14(24(19,20)21)16(18)23-11-6-4-2/h4,14H,2-3,5-13H2,1H3,(H,19,20,21).